The summed E-state index contributed by atoms with van der Waals surface area (Å²) in [5.41, 5.74) is 3.79. The van der Waals surface area contributed by atoms with E-state index in [-0.39, 0.29) is 0 Å². The maximum atomic E-state index is 5.72. The molecule has 0 bridgehead atoms. The summed E-state index contributed by atoms with van der Waals surface area (Å²) in [6.45, 7) is 16.5. The van der Waals surface area contributed by atoms with E-state index < -0.39 is 0 Å². The van der Waals surface area contributed by atoms with Gasteiger partial charge in [-0.1, -0.05) is 46.6 Å². The average molecular weight is 517 g/mol. The lowest BCUT2D eigenvalue weighted by atomic mass is 9.80. The summed E-state index contributed by atoms with van der Waals surface area (Å²) >= 11 is 0. The Hall–Kier alpha value is -2.96. The van der Waals surface area contributed by atoms with Crippen molar-refractivity contribution in [1.29, 1.82) is 0 Å². The lowest BCUT2D eigenvalue weighted by Crippen LogP contribution is -2.31. The molecule has 7 nitrogen and oxygen atoms in total. The van der Waals surface area contributed by atoms with Crippen LogP contribution < -0.4 is 5.32 Å². The van der Waals surface area contributed by atoms with Gasteiger partial charge in [0.1, 0.15) is 11.2 Å². The number of nitrogens with one attached hydrogen (secondary N) is 1. The molecule has 7 heteroatoms. The monoisotopic (exact) mass is 516 g/mol. The third kappa shape index (κ3) is 5.57. The molecule has 3 aromatic rings. The summed E-state index contributed by atoms with van der Waals surface area (Å²) in [5.74, 6) is 5.16. The minimum absolute atomic E-state index is 0.319. The second-order valence-electron chi connectivity index (χ2n) is 11.8. The van der Waals surface area contributed by atoms with Crippen LogP contribution in [0.25, 0.3) is 28.4 Å². The molecule has 5 rings (SSSR count). The predicted octanol–water partition coefficient (Wildman–Crippen LogP) is 7.45. The predicted molar refractivity (Wildman–Crippen MR) is 155 cm³/mol. The summed E-state index contributed by atoms with van der Waals surface area (Å²) in [6, 6.07) is 4.60. The molecular weight excluding hydrogens is 472 g/mol. The van der Waals surface area contributed by atoms with Crippen LogP contribution in [0.2, 0.25) is 0 Å². The third-order valence-corrected chi connectivity index (χ3v) is 8.65. The molecule has 1 N–H and O–H groups in total. The molecule has 3 aromatic heterocycles. The van der Waals surface area contributed by atoms with Gasteiger partial charge in [0, 0.05) is 18.8 Å². The maximum Gasteiger partial charge on any atom is 0.198 e. The van der Waals surface area contributed by atoms with Gasteiger partial charge in [-0.15, -0.1) is 0 Å². The van der Waals surface area contributed by atoms with Crippen LogP contribution in [0.5, 0.6) is 0 Å². The molecule has 2 aliphatic rings. The molecule has 0 aliphatic heterocycles. The zero-order valence-electron chi connectivity index (χ0n) is 23.8. The first-order chi connectivity index (χ1) is 18.3. The molecule has 1 atom stereocenters. The number of anilines is 1. The van der Waals surface area contributed by atoms with E-state index in [0.29, 0.717) is 47.6 Å². The first-order valence-corrected chi connectivity index (χ1v) is 14.7. The highest BCUT2D eigenvalue weighted by atomic mass is 16.5. The van der Waals surface area contributed by atoms with Crippen molar-refractivity contribution in [2.24, 2.45) is 17.8 Å². The van der Waals surface area contributed by atoms with E-state index >= 15 is 0 Å². The van der Waals surface area contributed by atoms with Crippen LogP contribution in [0.4, 0.5) is 5.82 Å². The molecule has 3 heterocycles. The number of fused-ring (bicyclic) bond motifs is 1. The number of rotatable bonds is 10. The van der Waals surface area contributed by atoms with Gasteiger partial charge in [0.05, 0.1) is 6.61 Å². The number of hydrogen-bond donors (Lipinski definition) is 1. The Morgan fingerprint density at radius 3 is 2.53 bits per heavy atom. The standard InChI is InChI=1S/C31H44N6O/c1-7-38-22(6)28-34-29(33-21(5)24-9-8-10-24)27-30(35-28)36-31(26-17-25(19(2)3)15-16-32-26)37(27)18-23-13-11-20(4)12-14-23/h15-17,19-21,23-24H,6-14,18H2,1-5H3,(H,33,34,35)/t20-,21-,23-/m1/s1. The lowest BCUT2D eigenvalue weighted by molar-refractivity contribution is 0.267. The summed E-state index contributed by atoms with van der Waals surface area (Å²) in [6.07, 6.45) is 10.8. The van der Waals surface area contributed by atoms with Crippen LogP contribution in [0.3, 0.4) is 0 Å². The fourth-order valence-electron chi connectivity index (χ4n) is 5.85. The second-order valence-corrected chi connectivity index (χ2v) is 11.8. The molecule has 204 valence electrons. The molecule has 2 saturated carbocycles. The summed E-state index contributed by atoms with van der Waals surface area (Å²) in [5, 5.41) is 3.77. The third-order valence-electron chi connectivity index (χ3n) is 8.65. The van der Waals surface area contributed by atoms with Gasteiger partial charge in [-0.3, -0.25) is 4.98 Å². The Morgan fingerprint density at radius 1 is 1.11 bits per heavy atom. The smallest absolute Gasteiger partial charge is 0.198 e. The van der Waals surface area contributed by atoms with Crippen LogP contribution in [0.1, 0.15) is 96.9 Å². The van der Waals surface area contributed by atoms with E-state index in [1.165, 1.54) is 50.5 Å². The van der Waals surface area contributed by atoms with Crippen molar-refractivity contribution in [3.05, 3.63) is 36.3 Å². The lowest BCUT2D eigenvalue weighted by Gasteiger charge is -2.32. The van der Waals surface area contributed by atoms with Gasteiger partial charge in [-0.25, -0.2) is 15.0 Å². The van der Waals surface area contributed by atoms with E-state index in [4.69, 9.17) is 24.7 Å². The fourth-order valence-corrected chi connectivity index (χ4v) is 5.85. The van der Waals surface area contributed by atoms with E-state index in [9.17, 15) is 0 Å². The zero-order chi connectivity index (χ0) is 26.8. The van der Waals surface area contributed by atoms with Crippen molar-refractivity contribution < 1.29 is 4.74 Å². The van der Waals surface area contributed by atoms with E-state index in [0.717, 1.165) is 35.3 Å². The molecule has 2 aliphatic carbocycles. The minimum Gasteiger partial charge on any atom is -0.491 e. The van der Waals surface area contributed by atoms with Gasteiger partial charge < -0.3 is 14.6 Å². The van der Waals surface area contributed by atoms with Gasteiger partial charge >= 0.3 is 0 Å². The van der Waals surface area contributed by atoms with Gasteiger partial charge in [0.2, 0.25) is 0 Å². The fraction of sp³-hybridized carbons (Fsp3) is 0.613. The van der Waals surface area contributed by atoms with E-state index in [1.807, 2.05) is 13.1 Å². The largest absolute Gasteiger partial charge is 0.491 e. The molecule has 0 radical (unpaired) electrons. The Bertz CT molecular complexity index is 1270. The Kier molecular flexibility index (Phi) is 8.01. The van der Waals surface area contributed by atoms with Gasteiger partial charge in [0.15, 0.2) is 28.9 Å². The molecule has 0 unspecified atom stereocenters. The molecule has 0 saturated heterocycles. The number of imidazole rings is 1. The Morgan fingerprint density at radius 2 is 1.87 bits per heavy atom. The molecule has 2 fully saturated rings. The van der Waals surface area contributed by atoms with E-state index in [2.05, 4.69) is 56.3 Å². The number of ether oxygens (including phenoxy) is 1. The van der Waals surface area contributed by atoms with Crippen molar-refractivity contribution in [3.63, 3.8) is 0 Å². The van der Waals surface area contributed by atoms with Gasteiger partial charge in [0.25, 0.3) is 0 Å². The summed E-state index contributed by atoms with van der Waals surface area (Å²) < 4.78 is 8.07. The van der Waals surface area contributed by atoms with Crippen LogP contribution in [-0.4, -0.2) is 37.2 Å². The van der Waals surface area contributed by atoms with Gasteiger partial charge in [-0.05, 0) is 80.9 Å². The Labute approximate surface area is 227 Å². The summed E-state index contributed by atoms with van der Waals surface area (Å²) in [7, 11) is 0. The van der Waals surface area contributed by atoms with Crippen molar-refractivity contribution in [2.75, 3.05) is 11.9 Å². The van der Waals surface area contributed by atoms with Crippen molar-refractivity contribution in [1.82, 2.24) is 24.5 Å². The van der Waals surface area contributed by atoms with Crippen LogP contribution in [0, 0.1) is 17.8 Å². The highest BCUT2D eigenvalue weighted by molar-refractivity contribution is 5.87. The molecule has 0 aromatic carbocycles. The number of nitrogens with zero attached hydrogens (tertiary/aromatic N) is 5. The van der Waals surface area contributed by atoms with E-state index in [1.54, 1.807) is 0 Å². The van der Waals surface area contributed by atoms with Crippen LogP contribution in [0.15, 0.2) is 24.9 Å². The van der Waals surface area contributed by atoms with Crippen molar-refractivity contribution in [3.8, 4) is 11.5 Å². The first-order valence-electron chi connectivity index (χ1n) is 14.7. The topological polar surface area (TPSA) is 77.8 Å². The minimum atomic E-state index is 0.319. The maximum absolute atomic E-state index is 5.72. The van der Waals surface area contributed by atoms with Crippen LogP contribution >= 0.6 is 0 Å². The second kappa shape index (κ2) is 11.4. The van der Waals surface area contributed by atoms with Crippen molar-refractivity contribution in [2.45, 2.75) is 98.1 Å². The van der Waals surface area contributed by atoms with Crippen LogP contribution in [-0.2, 0) is 11.3 Å². The first kappa shape index (κ1) is 26.6. The highest BCUT2D eigenvalue weighted by Crippen LogP contribution is 2.36. The average Bonchev–Trinajstić information content (AvgIpc) is 3.23. The number of pyridine rings is 1. The Balaban J connectivity index is 1.66. The molecule has 38 heavy (non-hydrogen) atoms. The summed E-state index contributed by atoms with van der Waals surface area (Å²) in [4.78, 5) is 19.8. The quantitative estimate of drug-likeness (QED) is 0.282. The SMILES string of the molecule is C=C(OCC)c1nc(N[C@H](C)C2CCC2)c2c(n1)nc(-c1cc(C(C)C)ccn1)n2C[C@H]1CC[C@H](C)CC1. The molecule has 0 amide bonds. The van der Waals surface area contributed by atoms with Gasteiger partial charge in [-0.2, -0.15) is 0 Å². The molecule has 0 spiro atoms. The number of aromatic nitrogens is 5. The number of hydrogen-bond acceptors (Lipinski definition) is 6. The van der Waals surface area contributed by atoms with Crippen molar-refractivity contribution >= 4 is 22.7 Å². The normalized spacial score (nSPS) is 20.9. The highest BCUT2D eigenvalue weighted by Gasteiger charge is 2.28. The zero-order valence-corrected chi connectivity index (χ0v) is 23.8. The molecular formula is C31H44N6O.